The highest BCUT2D eigenvalue weighted by Crippen LogP contribution is 2.63. The second-order valence-electron chi connectivity index (χ2n) is 5.17. The zero-order chi connectivity index (χ0) is 10.4. The molecule has 0 aromatic heterocycles. The van der Waals surface area contributed by atoms with Gasteiger partial charge in [-0.25, -0.2) is 0 Å². The van der Waals surface area contributed by atoms with Crippen molar-refractivity contribution in [2.24, 2.45) is 5.41 Å². The summed E-state index contributed by atoms with van der Waals surface area (Å²) in [6.45, 7) is 6.82. The van der Waals surface area contributed by atoms with Gasteiger partial charge in [0.15, 0.2) is 0 Å². The van der Waals surface area contributed by atoms with Crippen molar-refractivity contribution in [3.8, 4) is 0 Å². The van der Waals surface area contributed by atoms with E-state index in [1.165, 1.54) is 11.1 Å². The molecule has 1 N–H and O–H groups in total. The van der Waals surface area contributed by atoms with Crippen LogP contribution in [0.2, 0.25) is 0 Å². The lowest BCUT2D eigenvalue weighted by atomic mass is 9.88. The standard InChI is InChI=1S/C13H18O/c1-10-5-4-6-11(7-10)13(9-14)8-12(13,2)3/h4-7,14H,8-9H2,1-3H3. The molecule has 1 heteroatoms. The molecule has 14 heavy (non-hydrogen) atoms. The minimum atomic E-state index is 0.0268. The molecule has 1 aromatic rings. The number of aliphatic hydroxyl groups is 1. The summed E-state index contributed by atoms with van der Waals surface area (Å²) < 4.78 is 0. The van der Waals surface area contributed by atoms with E-state index >= 15 is 0 Å². The summed E-state index contributed by atoms with van der Waals surface area (Å²) in [4.78, 5) is 0. The van der Waals surface area contributed by atoms with Crippen molar-refractivity contribution in [1.82, 2.24) is 0 Å². The lowest BCUT2D eigenvalue weighted by Gasteiger charge is -2.18. The number of aryl methyl sites for hydroxylation is 1. The van der Waals surface area contributed by atoms with E-state index < -0.39 is 0 Å². The number of benzene rings is 1. The Morgan fingerprint density at radius 1 is 1.36 bits per heavy atom. The lowest BCUT2D eigenvalue weighted by molar-refractivity contribution is 0.231. The Labute approximate surface area is 85.8 Å². The quantitative estimate of drug-likeness (QED) is 0.760. The summed E-state index contributed by atoms with van der Waals surface area (Å²) in [6, 6.07) is 8.52. The zero-order valence-electron chi connectivity index (χ0n) is 9.17. The van der Waals surface area contributed by atoms with Crippen molar-refractivity contribution in [2.75, 3.05) is 6.61 Å². The van der Waals surface area contributed by atoms with Crippen LogP contribution in [-0.2, 0) is 5.41 Å². The van der Waals surface area contributed by atoms with Crippen LogP contribution in [0, 0.1) is 12.3 Å². The molecule has 0 heterocycles. The van der Waals surface area contributed by atoms with Crippen LogP contribution in [0.5, 0.6) is 0 Å². The van der Waals surface area contributed by atoms with Gasteiger partial charge in [0, 0.05) is 5.41 Å². The summed E-state index contributed by atoms with van der Waals surface area (Å²) in [6.07, 6.45) is 1.10. The highest BCUT2D eigenvalue weighted by molar-refractivity contribution is 5.39. The summed E-state index contributed by atoms with van der Waals surface area (Å²) in [5.74, 6) is 0. The maximum Gasteiger partial charge on any atom is 0.0533 e. The SMILES string of the molecule is Cc1cccc(C2(CO)CC2(C)C)c1. The molecule has 1 atom stereocenters. The molecule has 1 fully saturated rings. The molecular weight excluding hydrogens is 172 g/mol. The molecule has 1 aromatic carbocycles. The molecule has 1 nitrogen and oxygen atoms in total. The molecule has 0 aliphatic heterocycles. The highest BCUT2D eigenvalue weighted by atomic mass is 16.3. The fraction of sp³-hybridized carbons (Fsp3) is 0.538. The Balaban J connectivity index is 2.40. The van der Waals surface area contributed by atoms with Gasteiger partial charge in [-0.2, -0.15) is 0 Å². The van der Waals surface area contributed by atoms with E-state index in [9.17, 15) is 5.11 Å². The van der Waals surface area contributed by atoms with Crippen molar-refractivity contribution in [3.63, 3.8) is 0 Å². The van der Waals surface area contributed by atoms with E-state index in [0.717, 1.165) is 6.42 Å². The smallest absolute Gasteiger partial charge is 0.0533 e. The summed E-state index contributed by atoms with van der Waals surface area (Å²) in [5.41, 5.74) is 2.86. The van der Waals surface area contributed by atoms with Gasteiger partial charge in [-0.15, -0.1) is 0 Å². The van der Waals surface area contributed by atoms with Crippen molar-refractivity contribution in [3.05, 3.63) is 35.4 Å². The monoisotopic (exact) mass is 190 g/mol. The number of hydrogen-bond acceptors (Lipinski definition) is 1. The third kappa shape index (κ3) is 1.19. The van der Waals surface area contributed by atoms with Crippen molar-refractivity contribution in [1.29, 1.82) is 0 Å². The minimum Gasteiger partial charge on any atom is -0.395 e. The predicted octanol–water partition coefficient (Wildman–Crippen LogP) is 2.66. The van der Waals surface area contributed by atoms with Crippen LogP contribution in [0.15, 0.2) is 24.3 Å². The molecule has 0 spiro atoms. The Hall–Kier alpha value is -0.820. The maximum absolute atomic E-state index is 9.54. The van der Waals surface area contributed by atoms with E-state index in [2.05, 4.69) is 45.0 Å². The van der Waals surface area contributed by atoms with Crippen LogP contribution in [0.25, 0.3) is 0 Å². The lowest BCUT2D eigenvalue weighted by Crippen LogP contribution is -2.19. The molecule has 0 saturated heterocycles. The van der Waals surface area contributed by atoms with Crippen LogP contribution in [0.3, 0.4) is 0 Å². The average molecular weight is 190 g/mol. The van der Waals surface area contributed by atoms with Gasteiger partial charge in [-0.1, -0.05) is 43.7 Å². The van der Waals surface area contributed by atoms with Crippen LogP contribution < -0.4 is 0 Å². The summed E-state index contributed by atoms with van der Waals surface area (Å²) in [7, 11) is 0. The van der Waals surface area contributed by atoms with E-state index in [1.54, 1.807) is 0 Å². The summed E-state index contributed by atoms with van der Waals surface area (Å²) >= 11 is 0. The Morgan fingerprint density at radius 3 is 2.43 bits per heavy atom. The van der Waals surface area contributed by atoms with Gasteiger partial charge in [-0.05, 0) is 24.3 Å². The van der Waals surface area contributed by atoms with Gasteiger partial charge in [0.05, 0.1) is 6.61 Å². The van der Waals surface area contributed by atoms with Crippen LogP contribution >= 0.6 is 0 Å². The molecule has 1 saturated carbocycles. The largest absolute Gasteiger partial charge is 0.395 e. The average Bonchev–Trinajstić information content (AvgIpc) is 2.70. The van der Waals surface area contributed by atoms with Crippen LogP contribution in [-0.4, -0.2) is 11.7 Å². The summed E-state index contributed by atoms with van der Waals surface area (Å²) in [5, 5.41) is 9.54. The Bertz CT molecular complexity index is 354. The molecule has 0 radical (unpaired) electrons. The highest BCUT2D eigenvalue weighted by Gasteiger charge is 2.61. The van der Waals surface area contributed by atoms with Crippen molar-refractivity contribution >= 4 is 0 Å². The molecular formula is C13H18O. The maximum atomic E-state index is 9.54. The van der Waals surface area contributed by atoms with Gasteiger partial charge in [0.1, 0.15) is 0 Å². The first kappa shape index (κ1) is 9.72. The molecule has 0 bridgehead atoms. The first-order valence-electron chi connectivity index (χ1n) is 5.20. The molecule has 1 aliphatic rings. The third-order valence-electron chi connectivity index (χ3n) is 3.75. The van der Waals surface area contributed by atoms with Crippen molar-refractivity contribution < 1.29 is 5.11 Å². The zero-order valence-corrected chi connectivity index (χ0v) is 9.17. The molecule has 0 amide bonds. The number of hydrogen-bond donors (Lipinski definition) is 1. The Morgan fingerprint density at radius 2 is 2.00 bits per heavy atom. The van der Waals surface area contributed by atoms with Crippen LogP contribution in [0.1, 0.15) is 31.4 Å². The van der Waals surface area contributed by atoms with E-state index in [1.807, 2.05) is 0 Å². The van der Waals surface area contributed by atoms with E-state index in [4.69, 9.17) is 0 Å². The van der Waals surface area contributed by atoms with Gasteiger partial charge >= 0.3 is 0 Å². The van der Waals surface area contributed by atoms with E-state index in [0.29, 0.717) is 0 Å². The predicted molar refractivity (Wildman–Crippen MR) is 58.3 cm³/mol. The second-order valence-corrected chi connectivity index (χ2v) is 5.17. The topological polar surface area (TPSA) is 20.2 Å². The van der Waals surface area contributed by atoms with Crippen LogP contribution in [0.4, 0.5) is 0 Å². The second kappa shape index (κ2) is 2.83. The van der Waals surface area contributed by atoms with Gasteiger partial charge < -0.3 is 5.11 Å². The molecule has 76 valence electrons. The molecule has 1 aliphatic carbocycles. The fourth-order valence-corrected chi connectivity index (χ4v) is 2.51. The number of aliphatic hydroxyl groups excluding tert-OH is 1. The van der Waals surface area contributed by atoms with Gasteiger partial charge in [-0.3, -0.25) is 0 Å². The van der Waals surface area contributed by atoms with E-state index in [-0.39, 0.29) is 17.4 Å². The normalized spacial score (nSPS) is 28.9. The van der Waals surface area contributed by atoms with Crippen molar-refractivity contribution in [2.45, 2.75) is 32.6 Å². The fourth-order valence-electron chi connectivity index (χ4n) is 2.51. The minimum absolute atomic E-state index is 0.0268. The molecule has 1 unspecified atom stereocenters. The first-order chi connectivity index (χ1) is 6.52. The van der Waals surface area contributed by atoms with Gasteiger partial charge in [0.25, 0.3) is 0 Å². The number of rotatable bonds is 2. The first-order valence-corrected chi connectivity index (χ1v) is 5.20. The molecule has 2 rings (SSSR count). The Kier molecular flexibility index (Phi) is 1.97. The van der Waals surface area contributed by atoms with Gasteiger partial charge in [0.2, 0.25) is 0 Å². The third-order valence-corrected chi connectivity index (χ3v) is 3.75.